The number of aromatic hydroxyl groups is 1. The van der Waals surface area contributed by atoms with Gasteiger partial charge in [-0.1, -0.05) is 17.7 Å². The van der Waals surface area contributed by atoms with Crippen LogP contribution in [0.15, 0.2) is 12.1 Å². The SMILES string of the molecule is C[C@@H](O)[C@@H](N)c1ccc(Cl)c(F)c1O. The second-order valence-corrected chi connectivity index (χ2v) is 3.47. The molecule has 2 atom stereocenters. The molecule has 0 heterocycles. The molecule has 0 aliphatic rings. The van der Waals surface area contributed by atoms with E-state index < -0.39 is 23.7 Å². The van der Waals surface area contributed by atoms with Gasteiger partial charge in [-0.2, -0.15) is 0 Å². The van der Waals surface area contributed by atoms with Crippen LogP contribution in [-0.2, 0) is 0 Å². The molecule has 5 heteroatoms. The molecular weight excluding hydrogens is 209 g/mol. The van der Waals surface area contributed by atoms with Crippen LogP contribution in [-0.4, -0.2) is 16.3 Å². The molecule has 78 valence electrons. The molecule has 1 rings (SSSR count). The Hall–Kier alpha value is -0.840. The fraction of sp³-hybridized carbons (Fsp3) is 0.333. The molecule has 4 N–H and O–H groups in total. The molecule has 0 unspecified atom stereocenters. The number of hydrogen-bond acceptors (Lipinski definition) is 3. The van der Waals surface area contributed by atoms with Gasteiger partial charge >= 0.3 is 0 Å². The summed E-state index contributed by atoms with van der Waals surface area (Å²) in [6.07, 6.45) is -0.874. The van der Waals surface area contributed by atoms with Crippen molar-refractivity contribution in [1.82, 2.24) is 0 Å². The van der Waals surface area contributed by atoms with E-state index in [4.69, 9.17) is 22.4 Å². The smallest absolute Gasteiger partial charge is 0.183 e. The summed E-state index contributed by atoms with van der Waals surface area (Å²) in [5.74, 6) is -1.52. The van der Waals surface area contributed by atoms with E-state index in [0.717, 1.165) is 0 Å². The Morgan fingerprint density at radius 1 is 1.50 bits per heavy atom. The lowest BCUT2D eigenvalue weighted by Gasteiger charge is -2.16. The van der Waals surface area contributed by atoms with Crippen molar-refractivity contribution in [1.29, 1.82) is 0 Å². The highest BCUT2D eigenvalue weighted by atomic mass is 35.5. The molecule has 0 amide bonds. The minimum Gasteiger partial charge on any atom is -0.505 e. The normalized spacial score (nSPS) is 15.2. The number of rotatable bonds is 2. The zero-order valence-corrected chi connectivity index (χ0v) is 8.29. The van der Waals surface area contributed by atoms with Gasteiger partial charge in [-0.3, -0.25) is 0 Å². The Labute approximate surface area is 85.9 Å². The molecule has 0 saturated heterocycles. The van der Waals surface area contributed by atoms with Crippen molar-refractivity contribution in [2.24, 2.45) is 5.73 Å². The lowest BCUT2D eigenvalue weighted by molar-refractivity contribution is 0.162. The summed E-state index contributed by atoms with van der Waals surface area (Å²) in [6, 6.07) is 1.84. The molecule has 0 fully saturated rings. The van der Waals surface area contributed by atoms with E-state index in [1.165, 1.54) is 19.1 Å². The molecule has 1 aromatic rings. The molecule has 0 aromatic heterocycles. The Morgan fingerprint density at radius 2 is 2.07 bits per heavy atom. The number of aliphatic hydroxyl groups excluding tert-OH is 1. The summed E-state index contributed by atoms with van der Waals surface area (Å²) in [5, 5.41) is 18.3. The summed E-state index contributed by atoms with van der Waals surface area (Å²) in [4.78, 5) is 0. The van der Waals surface area contributed by atoms with E-state index in [9.17, 15) is 9.50 Å². The van der Waals surface area contributed by atoms with Crippen LogP contribution in [0.2, 0.25) is 5.02 Å². The topological polar surface area (TPSA) is 66.5 Å². The average Bonchev–Trinajstić information content (AvgIpc) is 2.13. The second-order valence-electron chi connectivity index (χ2n) is 3.07. The third-order valence-corrected chi connectivity index (χ3v) is 2.27. The van der Waals surface area contributed by atoms with Crippen molar-refractivity contribution in [3.8, 4) is 5.75 Å². The van der Waals surface area contributed by atoms with Gasteiger partial charge in [0, 0.05) is 5.56 Å². The first-order chi connectivity index (χ1) is 6.45. The molecule has 1 aromatic carbocycles. The minimum absolute atomic E-state index is 0.141. The Balaban J connectivity index is 3.17. The number of aliphatic hydroxyl groups is 1. The van der Waals surface area contributed by atoms with Crippen molar-refractivity contribution in [3.63, 3.8) is 0 Å². The van der Waals surface area contributed by atoms with Crippen LogP contribution < -0.4 is 5.73 Å². The molecule has 0 saturated carbocycles. The Kier molecular flexibility index (Phi) is 3.31. The largest absolute Gasteiger partial charge is 0.505 e. The van der Waals surface area contributed by atoms with Gasteiger partial charge in [0.25, 0.3) is 0 Å². The molecule has 3 nitrogen and oxygen atoms in total. The maximum Gasteiger partial charge on any atom is 0.183 e. The highest BCUT2D eigenvalue weighted by Crippen LogP contribution is 2.31. The van der Waals surface area contributed by atoms with E-state index in [0.29, 0.717) is 0 Å². The Bertz CT molecular complexity index is 344. The fourth-order valence-corrected chi connectivity index (χ4v) is 1.24. The van der Waals surface area contributed by atoms with Crippen molar-refractivity contribution >= 4 is 11.6 Å². The van der Waals surface area contributed by atoms with Gasteiger partial charge in [0.15, 0.2) is 11.6 Å². The van der Waals surface area contributed by atoms with Gasteiger partial charge in [0.05, 0.1) is 17.2 Å². The summed E-state index contributed by atoms with van der Waals surface area (Å²) < 4.78 is 13.1. The number of nitrogens with two attached hydrogens (primary N) is 1. The minimum atomic E-state index is -0.916. The van der Waals surface area contributed by atoms with Gasteiger partial charge < -0.3 is 15.9 Å². The molecule has 0 bridgehead atoms. The van der Waals surface area contributed by atoms with Gasteiger partial charge in [-0.25, -0.2) is 4.39 Å². The van der Waals surface area contributed by atoms with Crippen molar-refractivity contribution in [2.45, 2.75) is 19.1 Å². The summed E-state index contributed by atoms with van der Waals surface area (Å²) in [6.45, 7) is 1.45. The molecule has 0 radical (unpaired) electrons. The molecule has 0 aliphatic carbocycles. The predicted molar refractivity (Wildman–Crippen MR) is 51.7 cm³/mol. The van der Waals surface area contributed by atoms with E-state index in [-0.39, 0.29) is 10.6 Å². The number of halogens is 2. The molecule has 14 heavy (non-hydrogen) atoms. The monoisotopic (exact) mass is 219 g/mol. The third kappa shape index (κ3) is 1.97. The predicted octanol–water partition coefficient (Wildman–Crippen LogP) is 1.57. The zero-order valence-electron chi connectivity index (χ0n) is 7.54. The van der Waals surface area contributed by atoms with E-state index in [1.807, 2.05) is 0 Å². The van der Waals surface area contributed by atoms with E-state index >= 15 is 0 Å². The quantitative estimate of drug-likeness (QED) is 0.707. The lowest BCUT2D eigenvalue weighted by atomic mass is 10.0. The van der Waals surface area contributed by atoms with Crippen LogP contribution in [0.5, 0.6) is 5.75 Å². The first-order valence-electron chi connectivity index (χ1n) is 4.05. The van der Waals surface area contributed by atoms with Crippen LogP contribution in [0.4, 0.5) is 4.39 Å². The lowest BCUT2D eigenvalue weighted by Crippen LogP contribution is -2.23. The Morgan fingerprint density at radius 3 is 2.57 bits per heavy atom. The zero-order chi connectivity index (χ0) is 10.9. The second kappa shape index (κ2) is 4.13. The average molecular weight is 220 g/mol. The number of phenolic OH excluding ortho intramolecular Hbond substituents is 1. The highest BCUT2D eigenvalue weighted by Gasteiger charge is 2.19. The summed E-state index contributed by atoms with van der Waals surface area (Å²) in [5.41, 5.74) is 5.68. The van der Waals surface area contributed by atoms with Crippen LogP contribution in [0.25, 0.3) is 0 Å². The van der Waals surface area contributed by atoms with Gasteiger partial charge in [0.2, 0.25) is 0 Å². The highest BCUT2D eigenvalue weighted by molar-refractivity contribution is 6.30. The fourth-order valence-electron chi connectivity index (χ4n) is 1.08. The third-order valence-electron chi connectivity index (χ3n) is 1.98. The number of hydrogen-bond donors (Lipinski definition) is 3. The standard InChI is InChI=1S/C9H11ClFNO2/c1-4(13)8(12)5-2-3-6(10)7(11)9(5)14/h2-4,8,13-14H,12H2,1H3/t4-,8-/m1/s1. The van der Waals surface area contributed by atoms with Crippen LogP contribution >= 0.6 is 11.6 Å². The van der Waals surface area contributed by atoms with Gasteiger partial charge in [-0.05, 0) is 13.0 Å². The summed E-state index contributed by atoms with van der Waals surface area (Å²) in [7, 11) is 0. The van der Waals surface area contributed by atoms with Crippen LogP contribution in [0.3, 0.4) is 0 Å². The van der Waals surface area contributed by atoms with Crippen molar-refractivity contribution < 1.29 is 14.6 Å². The van der Waals surface area contributed by atoms with E-state index in [2.05, 4.69) is 0 Å². The number of phenols is 1. The van der Waals surface area contributed by atoms with Crippen molar-refractivity contribution in [3.05, 3.63) is 28.5 Å². The molecule has 0 spiro atoms. The maximum atomic E-state index is 13.1. The first-order valence-corrected chi connectivity index (χ1v) is 4.43. The van der Waals surface area contributed by atoms with Crippen molar-refractivity contribution in [2.75, 3.05) is 0 Å². The van der Waals surface area contributed by atoms with E-state index in [1.54, 1.807) is 0 Å². The van der Waals surface area contributed by atoms with Crippen LogP contribution in [0, 0.1) is 5.82 Å². The number of benzene rings is 1. The summed E-state index contributed by atoms with van der Waals surface area (Å²) >= 11 is 5.43. The van der Waals surface area contributed by atoms with Gasteiger partial charge in [0.1, 0.15) is 0 Å². The molecular formula is C9H11ClFNO2. The van der Waals surface area contributed by atoms with Gasteiger partial charge in [-0.15, -0.1) is 0 Å². The molecule has 0 aliphatic heterocycles. The first kappa shape index (κ1) is 11.2. The maximum absolute atomic E-state index is 13.1. The van der Waals surface area contributed by atoms with Crippen LogP contribution in [0.1, 0.15) is 18.5 Å².